The molecule has 102 valence electrons. The molecule has 0 unspecified atom stereocenters. The molecule has 0 bridgehead atoms. The van der Waals surface area contributed by atoms with Crippen LogP contribution in [0.2, 0.25) is 0 Å². The fourth-order valence-corrected chi connectivity index (χ4v) is 2.40. The van der Waals surface area contributed by atoms with Crippen molar-refractivity contribution in [3.05, 3.63) is 58.1 Å². The van der Waals surface area contributed by atoms with E-state index in [1.54, 1.807) is 12.1 Å². The number of nitrogens with one attached hydrogen (secondary N) is 1. The molecule has 2 rings (SSSR count). The van der Waals surface area contributed by atoms with Crippen molar-refractivity contribution in [2.75, 3.05) is 0 Å². The number of halogens is 2. The molecule has 0 aliphatic carbocycles. The van der Waals surface area contributed by atoms with Crippen LogP contribution in [0.5, 0.6) is 0 Å². The van der Waals surface area contributed by atoms with Crippen LogP contribution < -0.4 is 5.32 Å². The first kappa shape index (κ1) is 14.3. The van der Waals surface area contributed by atoms with Gasteiger partial charge in [-0.3, -0.25) is 0 Å². The Morgan fingerprint density at radius 3 is 2.89 bits per heavy atom. The first-order chi connectivity index (χ1) is 9.19. The van der Waals surface area contributed by atoms with Crippen LogP contribution in [0.3, 0.4) is 0 Å². The van der Waals surface area contributed by atoms with E-state index >= 15 is 0 Å². The molecule has 0 spiro atoms. The van der Waals surface area contributed by atoms with Gasteiger partial charge in [0.25, 0.3) is 0 Å². The normalized spacial score (nSPS) is 10.9. The van der Waals surface area contributed by atoms with Gasteiger partial charge in [-0.25, -0.2) is 4.39 Å². The molecule has 19 heavy (non-hydrogen) atoms. The van der Waals surface area contributed by atoms with Gasteiger partial charge in [0.15, 0.2) is 0 Å². The smallest absolute Gasteiger partial charge is 0.123 e. The minimum Gasteiger partial charge on any atom is -0.354 e. The molecular weight excluding hydrogens is 307 g/mol. The molecular formula is C15H18BrFN2. The predicted molar refractivity (Wildman–Crippen MR) is 79.4 cm³/mol. The summed E-state index contributed by atoms with van der Waals surface area (Å²) < 4.78 is 16.3. The zero-order chi connectivity index (χ0) is 13.7. The van der Waals surface area contributed by atoms with Gasteiger partial charge in [0.05, 0.1) is 0 Å². The Kier molecular flexibility index (Phi) is 5.16. The lowest BCUT2D eigenvalue weighted by Crippen LogP contribution is -2.12. The Hall–Kier alpha value is -1.13. The second-order valence-corrected chi connectivity index (χ2v) is 5.45. The Morgan fingerprint density at radius 1 is 1.26 bits per heavy atom. The molecule has 1 heterocycles. The third kappa shape index (κ3) is 4.18. The van der Waals surface area contributed by atoms with Crippen LogP contribution in [0.25, 0.3) is 0 Å². The number of rotatable bonds is 6. The van der Waals surface area contributed by atoms with Crippen molar-refractivity contribution in [2.45, 2.75) is 33.0 Å². The lowest BCUT2D eigenvalue weighted by molar-refractivity contribution is 0.619. The van der Waals surface area contributed by atoms with E-state index in [1.165, 1.54) is 11.6 Å². The average molecular weight is 325 g/mol. The standard InChI is InChI=1S/C15H18BrFN2/c1-2-6-19-7-5-12(11-19)9-18-10-13-8-14(17)3-4-15(13)16/h3-5,7-8,11,18H,2,6,9-10H2,1H3. The topological polar surface area (TPSA) is 17.0 Å². The van der Waals surface area contributed by atoms with Crippen molar-refractivity contribution >= 4 is 15.9 Å². The quantitative estimate of drug-likeness (QED) is 0.846. The molecule has 0 amide bonds. The second-order valence-electron chi connectivity index (χ2n) is 4.60. The van der Waals surface area contributed by atoms with Crippen molar-refractivity contribution in [1.82, 2.24) is 9.88 Å². The molecule has 1 aromatic heterocycles. The summed E-state index contributed by atoms with van der Waals surface area (Å²) in [5, 5.41) is 3.33. The molecule has 4 heteroatoms. The zero-order valence-corrected chi connectivity index (χ0v) is 12.6. The molecule has 0 saturated carbocycles. The third-order valence-electron chi connectivity index (χ3n) is 2.95. The highest BCUT2D eigenvalue weighted by Gasteiger charge is 2.02. The van der Waals surface area contributed by atoms with Gasteiger partial charge >= 0.3 is 0 Å². The third-order valence-corrected chi connectivity index (χ3v) is 3.72. The van der Waals surface area contributed by atoms with Gasteiger partial charge in [-0.1, -0.05) is 22.9 Å². The Balaban J connectivity index is 1.87. The first-order valence-electron chi connectivity index (χ1n) is 6.48. The molecule has 0 radical (unpaired) electrons. The number of benzene rings is 1. The molecule has 0 saturated heterocycles. The lowest BCUT2D eigenvalue weighted by Gasteiger charge is -2.06. The van der Waals surface area contributed by atoms with Crippen molar-refractivity contribution in [1.29, 1.82) is 0 Å². The highest BCUT2D eigenvalue weighted by Crippen LogP contribution is 2.17. The largest absolute Gasteiger partial charge is 0.354 e. The van der Waals surface area contributed by atoms with Crippen molar-refractivity contribution < 1.29 is 4.39 Å². The molecule has 2 nitrogen and oxygen atoms in total. The van der Waals surface area contributed by atoms with Crippen LogP contribution in [0, 0.1) is 5.82 Å². The maximum absolute atomic E-state index is 13.1. The highest BCUT2D eigenvalue weighted by atomic mass is 79.9. The van der Waals surface area contributed by atoms with Gasteiger partial charge in [0, 0.05) is 36.5 Å². The number of aryl methyl sites for hydroxylation is 1. The minimum absolute atomic E-state index is 0.200. The highest BCUT2D eigenvalue weighted by molar-refractivity contribution is 9.10. The van der Waals surface area contributed by atoms with Crippen LogP contribution in [-0.4, -0.2) is 4.57 Å². The number of hydrogen-bond donors (Lipinski definition) is 1. The monoisotopic (exact) mass is 324 g/mol. The van der Waals surface area contributed by atoms with Gasteiger partial charge in [0.2, 0.25) is 0 Å². The summed E-state index contributed by atoms with van der Waals surface area (Å²) in [5.74, 6) is -0.200. The Labute approximate surface area is 121 Å². The average Bonchev–Trinajstić information content (AvgIpc) is 2.82. The van der Waals surface area contributed by atoms with Crippen LogP contribution in [0.15, 0.2) is 41.1 Å². The van der Waals surface area contributed by atoms with E-state index in [9.17, 15) is 4.39 Å². The Bertz CT molecular complexity index is 537. The minimum atomic E-state index is -0.200. The number of hydrogen-bond acceptors (Lipinski definition) is 1. The fraction of sp³-hybridized carbons (Fsp3) is 0.333. The van der Waals surface area contributed by atoms with Gasteiger partial charge in [-0.05, 0) is 41.8 Å². The van der Waals surface area contributed by atoms with E-state index in [-0.39, 0.29) is 5.82 Å². The van der Waals surface area contributed by atoms with Crippen LogP contribution in [-0.2, 0) is 19.6 Å². The fourth-order valence-electron chi connectivity index (χ4n) is 2.01. The van der Waals surface area contributed by atoms with Crippen LogP contribution in [0.4, 0.5) is 4.39 Å². The molecule has 0 aliphatic heterocycles. The molecule has 1 N–H and O–H groups in total. The number of nitrogens with zero attached hydrogens (tertiary/aromatic N) is 1. The maximum atomic E-state index is 13.1. The van der Waals surface area contributed by atoms with Gasteiger partial charge in [0.1, 0.15) is 5.82 Å². The summed E-state index contributed by atoms with van der Waals surface area (Å²) in [6.07, 6.45) is 5.38. The first-order valence-corrected chi connectivity index (χ1v) is 7.27. The van der Waals surface area contributed by atoms with E-state index in [0.717, 1.165) is 29.5 Å². The van der Waals surface area contributed by atoms with Crippen molar-refractivity contribution in [3.8, 4) is 0 Å². The Morgan fingerprint density at radius 2 is 2.11 bits per heavy atom. The van der Waals surface area contributed by atoms with E-state index < -0.39 is 0 Å². The van der Waals surface area contributed by atoms with Crippen molar-refractivity contribution in [3.63, 3.8) is 0 Å². The second kappa shape index (κ2) is 6.87. The van der Waals surface area contributed by atoms with Crippen LogP contribution in [0.1, 0.15) is 24.5 Å². The zero-order valence-electron chi connectivity index (χ0n) is 11.0. The van der Waals surface area contributed by atoms with Gasteiger partial charge in [-0.15, -0.1) is 0 Å². The van der Waals surface area contributed by atoms with Gasteiger partial charge < -0.3 is 9.88 Å². The summed E-state index contributed by atoms with van der Waals surface area (Å²) in [6, 6.07) is 6.87. The van der Waals surface area contributed by atoms with Crippen LogP contribution >= 0.6 is 15.9 Å². The van der Waals surface area contributed by atoms with Gasteiger partial charge in [-0.2, -0.15) is 0 Å². The van der Waals surface area contributed by atoms with E-state index in [0.29, 0.717) is 6.54 Å². The summed E-state index contributed by atoms with van der Waals surface area (Å²) >= 11 is 3.43. The summed E-state index contributed by atoms with van der Waals surface area (Å²) in [7, 11) is 0. The summed E-state index contributed by atoms with van der Waals surface area (Å²) in [6.45, 7) is 4.66. The van der Waals surface area contributed by atoms with E-state index in [4.69, 9.17) is 0 Å². The number of aromatic nitrogens is 1. The molecule has 0 atom stereocenters. The van der Waals surface area contributed by atoms with E-state index in [2.05, 4.69) is 51.2 Å². The SMILES string of the molecule is CCCn1ccc(CNCc2cc(F)ccc2Br)c1. The summed E-state index contributed by atoms with van der Waals surface area (Å²) in [4.78, 5) is 0. The molecule has 2 aromatic rings. The molecule has 1 aromatic carbocycles. The maximum Gasteiger partial charge on any atom is 0.123 e. The molecule has 0 fully saturated rings. The van der Waals surface area contributed by atoms with Crippen molar-refractivity contribution in [2.24, 2.45) is 0 Å². The molecule has 0 aliphatic rings. The summed E-state index contributed by atoms with van der Waals surface area (Å²) in [5.41, 5.74) is 2.19. The lowest BCUT2D eigenvalue weighted by atomic mass is 10.2. The van der Waals surface area contributed by atoms with E-state index in [1.807, 2.05) is 0 Å². The predicted octanol–water partition coefficient (Wildman–Crippen LogP) is 4.09.